The van der Waals surface area contributed by atoms with E-state index in [1.807, 2.05) is 0 Å². The minimum atomic E-state index is 0. The summed E-state index contributed by atoms with van der Waals surface area (Å²) in [4.78, 5) is 0. The topological polar surface area (TPSA) is 0 Å². The molecule has 0 fully saturated rings. The normalized spacial score (nSPS) is 4.50. The molecule has 1 heteroatoms. The van der Waals surface area contributed by atoms with E-state index in [-0.39, 0.29) is 20.4 Å². The Balaban J connectivity index is 0. The molecule has 0 aliphatic rings. The maximum absolute atomic E-state index is 2.12. The van der Waals surface area contributed by atoms with E-state index in [0.717, 1.165) is 0 Å². The first-order valence-corrected chi connectivity index (χ1v) is 1.41. The van der Waals surface area contributed by atoms with Gasteiger partial charge in [0.15, 0.2) is 0 Å². The minimum absolute atomic E-state index is 0. The molecule has 0 saturated carbocycles. The molecule has 0 aromatic rings. The molecule has 0 saturated heterocycles. The van der Waals surface area contributed by atoms with Crippen LogP contribution in [0.3, 0.4) is 0 Å². The van der Waals surface area contributed by atoms with E-state index in [1.54, 1.807) is 0 Å². The van der Waals surface area contributed by atoms with Crippen molar-refractivity contribution in [3.63, 3.8) is 0 Å². The molecule has 0 nitrogen and oxygen atoms in total. The molecule has 0 N–H and O–H groups in total. The van der Waals surface area contributed by atoms with Gasteiger partial charge in [0.25, 0.3) is 0 Å². The van der Waals surface area contributed by atoms with Crippen molar-refractivity contribution < 1.29 is 20.4 Å². The molecule has 0 unspecified atom stereocenters. The van der Waals surface area contributed by atoms with E-state index in [9.17, 15) is 0 Å². The van der Waals surface area contributed by atoms with E-state index in [2.05, 4.69) is 13.8 Å². The molecule has 0 aliphatic heterocycles. The number of hydrogen-bond donors (Lipinski definition) is 0. The zero-order chi connectivity index (χ0) is 2.71. The van der Waals surface area contributed by atoms with Crippen LogP contribution in [0.15, 0.2) is 0 Å². The van der Waals surface area contributed by atoms with Gasteiger partial charge in [-0.2, -0.15) is 0 Å². The summed E-state index contributed by atoms with van der Waals surface area (Å²) in [6.07, 6.45) is 1.25. The standard InChI is InChI=1S/C3H8.Re/c1-3-2;/h3H2,1-2H3;. The van der Waals surface area contributed by atoms with Crippen molar-refractivity contribution in [1.29, 1.82) is 0 Å². The zero-order valence-corrected chi connectivity index (χ0v) is 5.80. The van der Waals surface area contributed by atoms with Gasteiger partial charge in [-0.3, -0.25) is 0 Å². The van der Waals surface area contributed by atoms with Crippen LogP contribution in [0.1, 0.15) is 20.3 Å². The molecule has 1 radical (unpaired) electrons. The van der Waals surface area contributed by atoms with Crippen LogP contribution in [-0.4, -0.2) is 0 Å². The molecular formula is C3H8Re. The first kappa shape index (κ1) is 8.82. The summed E-state index contributed by atoms with van der Waals surface area (Å²) in [6, 6.07) is 0. The van der Waals surface area contributed by atoms with Crippen LogP contribution in [-0.2, 0) is 20.4 Å². The van der Waals surface area contributed by atoms with Gasteiger partial charge in [0.05, 0.1) is 0 Å². The van der Waals surface area contributed by atoms with Gasteiger partial charge >= 0.3 is 0 Å². The van der Waals surface area contributed by atoms with Crippen LogP contribution >= 0.6 is 0 Å². The van der Waals surface area contributed by atoms with Crippen LogP contribution in [0.5, 0.6) is 0 Å². The summed E-state index contributed by atoms with van der Waals surface area (Å²) in [5.74, 6) is 0. The molecule has 0 rings (SSSR count). The average molecular weight is 230 g/mol. The summed E-state index contributed by atoms with van der Waals surface area (Å²) in [5.41, 5.74) is 0. The average Bonchev–Trinajstić information content (AvgIpc) is 0.918. The summed E-state index contributed by atoms with van der Waals surface area (Å²) in [5, 5.41) is 0. The molecule has 0 atom stereocenters. The first-order valence-electron chi connectivity index (χ1n) is 1.41. The van der Waals surface area contributed by atoms with Gasteiger partial charge in [-0.05, 0) is 0 Å². The van der Waals surface area contributed by atoms with Crippen molar-refractivity contribution in [2.75, 3.05) is 0 Å². The largest absolute Gasteiger partial charge is 0.0656 e. The van der Waals surface area contributed by atoms with Crippen LogP contribution in [0.25, 0.3) is 0 Å². The van der Waals surface area contributed by atoms with Crippen LogP contribution in [0.2, 0.25) is 0 Å². The van der Waals surface area contributed by atoms with Crippen LogP contribution in [0, 0.1) is 0 Å². The monoisotopic (exact) mass is 231 g/mol. The van der Waals surface area contributed by atoms with Gasteiger partial charge in [-0.15, -0.1) is 0 Å². The summed E-state index contributed by atoms with van der Waals surface area (Å²) >= 11 is 0. The predicted octanol–water partition coefficient (Wildman–Crippen LogP) is 1.41. The molecule has 0 heterocycles. The molecule has 0 aromatic carbocycles. The van der Waals surface area contributed by atoms with Gasteiger partial charge in [0, 0.05) is 20.4 Å². The Morgan fingerprint density at radius 1 is 1.25 bits per heavy atom. The van der Waals surface area contributed by atoms with E-state index in [0.29, 0.717) is 0 Å². The fraction of sp³-hybridized carbons (Fsp3) is 1.00. The molecule has 0 aliphatic carbocycles. The predicted molar refractivity (Wildman–Crippen MR) is 16.0 cm³/mol. The molecule has 0 amide bonds. The molecule has 0 spiro atoms. The molecule has 27 valence electrons. The minimum Gasteiger partial charge on any atom is -0.0656 e. The number of hydrogen-bond acceptors (Lipinski definition) is 0. The summed E-state index contributed by atoms with van der Waals surface area (Å²) in [6.45, 7) is 4.25. The smallest absolute Gasteiger partial charge is 0 e. The third kappa shape index (κ3) is 16.8. The first-order chi connectivity index (χ1) is 1.41. The Hall–Kier alpha value is 0.662. The Morgan fingerprint density at radius 2 is 1.25 bits per heavy atom. The van der Waals surface area contributed by atoms with Crippen molar-refractivity contribution in [3.05, 3.63) is 0 Å². The summed E-state index contributed by atoms with van der Waals surface area (Å²) in [7, 11) is 0. The SMILES string of the molecule is CCC.[Re]. The maximum Gasteiger partial charge on any atom is 0 e. The quantitative estimate of drug-likeness (QED) is 0.590. The van der Waals surface area contributed by atoms with Crippen LogP contribution in [0.4, 0.5) is 0 Å². The van der Waals surface area contributed by atoms with Gasteiger partial charge in [0.1, 0.15) is 0 Å². The van der Waals surface area contributed by atoms with E-state index < -0.39 is 0 Å². The zero-order valence-electron chi connectivity index (χ0n) is 3.09. The van der Waals surface area contributed by atoms with Crippen LogP contribution < -0.4 is 0 Å². The van der Waals surface area contributed by atoms with E-state index in [1.165, 1.54) is 6.42 Å². The second kappa shape index (κ2) is 9.39. The fourth-order valence-corrected chi connectivity index (χ4v) is 0. The fourth-order valence-electron chi connectivity index (χ4n) is 0. The van der Waals surface area contributed by atoms with E-state index >= 15 is 0 Å². The Labute approximate surface area is 41.2 Å². The molecule has 0 aromatic heterocycles. The van der Waals surface area contributed by atoms with Gasteiger partial charge in [0.2, 0.25) is 0 Å². The summed E-state index contributed by atoms with van der Waals surface area (Å²) < 4.78 is 0. The third-order valence-electron chi connectivity index (χ3n) is 0. The Bertz CT molecular complexity index is 3.25. The second-order valence-electron chi connectivity index (χ2n) is 0.707. The second-order valence-corrected chi connectivity index (χ2v) is 0.707. The number of rotatable bonds is 0. The van der Waals surface area contributed by atoms with Crippen molar-refractivity contribution in [3.8, 4) is 0 Å². The van der Waals surface area contributed by atoms with Gasteiger partial charge in [-0.25, -0.2) is 0 Å². The van der Waals surface area contributed by atoms with Crippen molar-refractivity contribution in [1.82, 2.24) is 0 Å². The van der Waals surface area contributed by atoms with Crippen molar-refractivity contribution >= 4 is 0 Å². The van der Waals surface area contributed by atoms with Gasteiger partial charge < -0.3 is 0 Å². The third-order valence-corrected chi connectivity index (χ3v) is 0. The van der Waals surface area contributed by atoms with E-state index in [4.69, 9.17) is 0 Å². The van der Waals surface area contributed by atoms with Crippen molar-refractivity contribution in [2.24, 2.45) is 0 Å². The Kier molecular flexibility index (Phi) is 20.7. The molecular weight excluding hydrogens is 222 g/mol. The maximum atomic E-state index is 2.12. The van der Waals surface area contributed by atoms with Gasteiger partial charge in [-0.1, -0.05) is 20.3 Å². The van der Waals surface area contributed by atoms with Crippen molar-refractivity contribution in [2.45, 2.75) is 20.3 Å². The molecule has 0 bridgehead atoms. The molecule has 4 heavy (non-hydrogen) atoms. The Morgan fingerprint density at radius 3 is 1.25 bits per heavy atom.